The van der Waals surface area contributed by atoms with E-state index in [2.05, 4.69) is 356 Å². The summed E-state index contributed by atoms with van der Waals surface area (Å²) in [6.45, 7) is 5.12. The SMILES string of the molecule is Cc1ccc(N2c3ccc(C)cc3B3c4ccccc4Sc4cccc2c43)cc1.c1ccc(-c2ccc(N3c4ccc(-c5ccccc5)cc4B4c5ccccc5Sc5cccc3c54)cc2)cc1.c1ccc(N2c3ccccc3B3c4ccccc4Sc4cccc2c43)cc1. The molecule has 0 bridgehead atoms. The second-order valence-electron chi connectivity index (χ2n) is 25.1. The van der Waals surface area contributed by atoms with Gasteiger partial charge in [0.15, 0.2) is 0 Å². The minimum atomic E-state index is 0.201. The van der Waals surface area contributed by atoms with E-state index in [-0.39, 0.29) is 13.4 Å². The summed E-state index contributed by atoms with van der Waals surface area (Å²) < 4.78 is 0. The molecule has 0 N–H and O–H groups in total. The summed E-state index contributed by atoms with van der Waals surface area (Å²) in [7, 11) is 0. The molecule has 0 aliphatic carbocycles. The largest absolute Gasteiger partial charge is 0.311 e. The highest BCUT2D eigenvalue weighted by Gasteiger charge is 2.44. The van der Waals surface area contributed by atoms with E-state index in [1.807, 2.05) is 35.3 Å². The maximum atomic E-state index is 2.46. The Balaban J connectivity index is 0.000000107. The van der Waals surface area contributed by atoms with Crippen molar-refractivity contribution in [1.29, 1.82) is 0 Å². The van der Waals surface area contributed by atoms with Crippen molar-refractivity contribution in [3.8, 4) is 22.3 Å². The van der Waals surface area contributed by atoms with E-state index < -0.39 is 0 Å². The van der Waals surface area contributed by atoms with E-state index in [0.29, 0.717) is 6.71 Å². The van der Waals surface area contributed by atoms with Crippen molar-refractivity contribution in [2.45, 2.75) is 43.2 Å². The molecule has 0 amide bonds. The molecule has 446 valence electrons. The quantitative estimate of drug-likeness (QED) is 0.158. The Morgan fingerprint density at radius 2 is 0.526 bits per heavy atom. The molecule has 9 heteroatoms. The first-order chi connectivity index (χ1) is 47.0. The fraction of sp³-hybridized carbons (Fsp3) is 0.0233. The Hall–Kier alpha value is -10.3. The number of rotatable bonds is 5. The topological polar surface area (TPSA) is 9.72 Å². The molecular formula is C86H60B3N3S3. The number of aryl methyl sites for hydroxylation is 2. The summed E-state index contributed by atoms with van der Waals surface area (Å²) in [5.74, 6) is 0. The summed E-state index contributed by atoms with van der Waals surface area (Å²) >= 11 is 5.69. The van der Waals surface area contributed by atoms with E-state index in [1.165, 1.54) is 163 Å². The van der Waals surface area contributed by atoms with Crippen LogP contribution in [0.4, 0.5) is 51.2 Å². The zero-order valence-corrected chi connectivity index (χ0v) is 54.9. The standard InChI is InChI=1S/C36H24BNS.C26H20BNS.C24H16BNS/c1-3-10-25(11-4-1)27-18-21-29(22-19-27)38-32-23-20-28(26-12-5-2-6-13-26)24-31(32)37-30-14-7-8-16-34(30)39-35-17-9-15-33(38)36(35)37;1-17-10-13-19(14-11-17)28-22-15-12-18(2)16-21(22)27-20-6-3-4-8-24(20)29-25-9-5-7-23(28)26(25)27;1-2-9-17(10-3-1)26-20-13-6-4-11-18(20)25-19-12-5-7-15-22(19)27-23-16-8-14-21(26)24(23)25/h1-24H;3-16H,1-2H3;1-16H. The Morgan fingerprint density at radius 1 is 0.211 bits per heavy atom. The van der Waals surface area contributed by atoms with Crippen molar-refractivity contribution in [1.82, 2.24) is 0 Å². The fourth-order valence-corrected chi connectivity index (χ4v) is 18.8. The van der Waals surface area contributed by atoms with Gasteiger partial charge in [-0.15, -0.1) is 0 Å². The average molecular weight is 1260 g/mol. The van der Waals surface area contributed by atoms with Gasteiger partial charge in [0.25, 0.3) is 0 Å². The van der Waals surface area contributed by atoms with E-state index in [4.69, 9.17) is 0 Å². The third-order valence-corrected chi connectivity index (χ3v) is 23.0. The molecule has 0 atom stereocenters. The highest BCUT2D eigenvalue weighted by Crippen LogP contribution is 2.46. The number of hydrogen-bond acceptors (Lipinski definition) is 6. The van der Waals surface area contributed by atoms with Gasteiger partial charge in [0, 0.05) is 80.6 Å². The van der Waals surface area contributed by atoms with Crippen LogP contribution in [0.25, 0.3) is 22.3 Å². The van der Waals surface area contributed by atoms with Crippen molar-refractivity contribution in [2.24, 2.45) is 0 Å². The predicted octanol–water partition coefficient (Wildman–Crippen LogP) is 17.3. The molecule has 0 unspecified atom stereocenters. The smallest absolute Gasteiger partial charge is 0.249 e. The Labute approximate surface area is 570 Å². The van der Waals surface area contributed by atoms with Crippen molar-refractivity contribution in [3.05, 3.63) is 339 Å². The highest BCUT2D eigenvalue weighted by atomic mass is 32.2. The van der Waals surface area contributed by atoms with Gasteiger partial charge in [-0.2, -0.15) is 0 Å². The van der Waals surface area contributed by atoms with Gasteiger partial charge in [0.1, 0.15) is 0 Å². The Kier molecular flexibility index (Phi) is 14.5. The normalized spacial score (nSPS) is 13.3. The Bertz CT molecular complexity index is 5300. The first kappa shape index (κ1) is 57.4. The second kappa shape index (κ2) is 23.9. The van der Waals surface area contributed by atoms with Gasteiger partial charge in [-0.3, -0.25) is 0 Å². The lowest BCUT2D eigenvalue weighted by atomic mass is 9.34. The van der Waals surface area contributed by atoms with Crippen LogP contribution in [0.15, 0.2) is 357 Å². The summed E-state index contributed by atoms with van der Waals surface area (Å²) in [6, 6.07) is 120. The van der Waals surface area contributed by atoms with Gasteiger partial charge in [-0.1, -0.05) is 281 Å². The number of fused-ring (bicyclic) bond motifs is 12. The lowest BCUT2D eigenvalue weighted by molar-refractivity contribution is 1.26. The van der Waals surface area contributed by atoms with E-state index in [9.17, 15) is 0 Å². The van der Waals surface area contributed by atoms with Crippen LogP contribution < -0.4 is 63.9 Å². The van der Waals surface area contributed by atoms with Crippen molar-refractivity contribution >= 4 is 156 Å². The molecule has 0 fully saturated rings. The zero-order valence-electron chi connectivity index (χ0n) is 52.5. The van der Waals surface area contributed by atoms with Crippen LogP contribution in [0.5, 0.6) is 0 Å². The third-order valence-electron chi connectivity index (χ3n) is 19.5. The molecule has 20 rings (SSSR count). The van der Waals surface area contributed by atoms with Crippen LogP contribution >= 0.6 is 35.3 Å². The van der Waals surface area contributed by atoms with Crippen molar-refractivity contribution < 1.29 is 0 Å². The molecule has 0 radical (unpaired) electrons. The maximum Gasteiger partial charge on any atom is 0.249 e. The van der Waals surface area contributed by atoms with Crippen molar-refractivity contribution in [3.63, 3.8) is 0 Å². The molecule has 14 aromatic rings. The fourth-order valence-electron chi connectivity index (χ4n) is 15.3. The van der Waals surface area contributed by atoms with Gasteiger partial charge in [0.05, 0.1) is 0 Å². The molecule has 6 aliphatic rings. The summed E-state index contributed by atoms with van der Waals surface area (Å²) in [5, 5.41) is 0. The average Bonchev–Trinajstić information content (AvgIpc) is 0.732. The van der Waals surface area contributed by atoms with Crippen molar-refractivity contribution in [2.75, 3.05) is 14.7 Å². The summed E-state index contributed by atoms with van der Waals surface area (Å²) in [6.07, 6.45) is 0. The first-order valence-electron chi connectivity index (χ1n) is 32.7. The monoisotopic (exact) mass is 1260 g/mol. The Morgan fingerprint density at radius 3 is 1.02 bits per heavy atom. The second-order valence-corrected chi connectivity index (χ2v) is 28.4. The number of nitrogens with zero attached hydrogens (tertiary/aromatic N) is 3. The lowest BCUT2D eigenvalue weighted by Crippen LogP contribution is -2.59. The zero-order chi connectivity index (χ0) is 63.1. The minimum absolute atomic E-state index is 0.201. The molecule has 0 saturated carbocycles. The van der Waals surface area contributed by atoms with Crippen LogP contribution in [-0.4, -0.2) is 20.1 Å². The van der Waals surface area contributed by atoms with Crippen LogP contribution in [0.3, 0.4) is 0 Å². The molecular weight excluding hydrogens is 1200 g/mol. The molecule has 14 aromatic carbocycles. The van der Waals surface area contributed by atoms with Crippen LogP contribution in [-0.2, 0) is 0 Å². The lowest BCUT2D eigenvalue weighted by Gasteiger charge is -2.40. The van der Waals surface area contributed by atoms with E-state index in [0.717, 1.165) is 0 Å². The number of benzene rings is 14. The van der Waals surface area contributed by atoms with Gasteiger partial charge in [-0.25, -0.2) is 0 Å². The third kappa shape index (κ3) is 9.89. The molecule has 95 heavy (non-hydrogen) atoms. The van der Waals surface area contributed by atoms with Gasteiger partial charge in [0.2, 0.25) is 20.1 Å². The molecule has 3 nitrogen and oxygen atoms in total. The summed E-state index contributed by atoms with van der Waals surface area (Å²) in [4.78, 5) is 15.5. The van der Waals surface area contributed by atoms with E-state index >= 15 is 0 Å². The number of anilines is 9. The predicted molar refractivity (Wildman–Crippen MR) is 409 cm³/mol. The molecule has 6 heterocycles. The minimum Gasteiger partial charge on any atom is -0.311 e. The van der Waals surface area contributed by atoms with Crippen LogP contribution in [0, 0.1) is 13.8 Å². The first-order valence-corrected chi connectivity index (χ1v) is 35.2. The molecule has 0 saturated heterocycles. The summed E-state index contributed by atoms with van der Waals surface area (Å²) in [5.41, 5.74) is 31.5. The van der Waals surface area contributed by atoms with Gasteiger partial charge >= 0.3 is 0 Å². The maximum absolute atomic E-state index is 2.46. The molecule has 0 spiro atoms. The molecule has 0 aromatic heterocycles. The van der Waals surface area contributed by atoms with E-state index in [1.54, 1.807) is 0 Å². The molecule has 6 aliphatic heterocycles. The van der Waals surface area contributed by atoms with Crippen LogP contribution in [0.1, 0.15) is 11.1 Å². The number of hydrogen-bond donors (Lipinski definition) is 0. The van der Waals surface area contributed by atoms with Gasteiger partial charge < -0.3 is 14.7 Å². The number of para-hydroxylation sites is 2. The van der Waals surface area contributed by atoms with Crippen LogP contribution in [0.2, 0.25) is 0 Å². The highest BCUT2D eigenvalue weighted by molar-refractivity contribution is 8.00. The van der Waals surface area contributed by atoms with Gasteiger partial charge in [-0.05, 0) is 178 Å².